The summed E-state index contributed by atoms with van der Waals surface area (Å²) < 4.78 is 29.1. The van der Waals surface area contributed by atoms with Crippen LogP contribution in [0.15, 0.2) is 24.3 Å². The third-order valence-corrected chi connectivity index (χ3v) is 3.91. The Bertz CT molecular complexity index is 391. The summed E-state index contributed by atoms with van der Waals surface area (Å²) in [5, 5.41) is 3.43. The van der Waals surface area contributed by atoms with E-state index in [2.05, 4.69) is 17.0 Å². The lowest BCUT2D eigenvalue weighted by atomic mass is 9.99. The van der Waals surface area contributed by atoms with Crippen LogP contribution in [-0.2, 0) is 6.54 Å². The van der Waals surface area contributed by atoms with E-state index in [9.17, 15) is 8.78 Å². The molecular weight excluding hydrogens is 248 g/mol. The van der Waals surface area contributed by atoms with Crippen molar-refractivity contribution in [3.05, 3.63) is 29.8 Å². The van der Waals surface area contributed by atoms with Crippen LogP contribution in [0, 0.1) is 5.92 Å². The average molecular weight is 269 g/mol. The highest BCUT2D eigenvalue weighted by Gasteiger charge is 2.21. The minimum absolute atomic E-state index is 0.267. The number of nitrogens with one attached hydrogen (secondary N) is 1. The zero-order valence-corrected chi connectivity index (χ0v) is 11.2. The first-order valence-corrected chi connectivity index (χ1v) is 6.93. The summed E-state index contributed by atoms with van der Waals surface area (Å²) in [7, 11) is 0. The quantitative estimate of drug-likeness (QED) is 0.844. The molecule has 0 bridgehead atoms. The standard InChI is InChI=1S/C15H21F2NO/c1-11(12-6-2-3-7-12)18-10-13-8-4-5-9-14(13)19-15(16)17/h4-5,8-9,11-12,15,18H,2-3,6-7,10H2,1H3. The molecule has 1 saturated carbocycles. The molecule has 1 aliphatic carbocycles. The number of rotatable bonds is 6. The molecule has 0 aromatic heterocycles. The second kappa shape index (κ2) is 6.85. The van der Waals surface area contributed by atoms with Crippen molar-refractivity contribution in [2.45, 2.75) is 51.8 Å². The van der Waals surface area contributed by atoms with Crippen molar-refractivity contribution in [2.24, 2.45) is 5.92 Å². The van der Waals surface area contributed by atoms with E-state index in [0.29, 0.717) is 18.5 Å². The average Bonchev–Trinajstić information content (AvgIpc) is 2.90. The van der Waals surface area contributed by atoms with Crippen LogP contribution in [0.4, 0.5) is 8.78 Å². The van der Waals surface area contributed by atoms with Crippen LogP contribution in [0.1, 0.15) is 38.2 Å². The highest BCUT2D eigenvalue weighted by molar-refractivity contribution is 5.33. The molecule has 2 nitrogen and oxygen atoms in total. The number of halogens is 2. The Hall–Kier alpha value is -1.16. The van der Waals surface area contributed by atoms with E-state index in [-0.39, 0.29) is 5.75 Å². The Kier molecular flexibility index (Phi) is 5.14. The van der Waals surface area contributed by atoms with Gasteiger partial charge in [-0.25, -0.2) is 0 Å². The first kappa shape index (κ1) is 14.3. The molecule has 106 valence electrons. The van der Waals surface area contributed by atoms with Crippen molar-refractivity contribution >= 4 is 0 Å². The van der Waals surface area contributed by atoms with Gasteiger partial charge in [-0.05, 0) is 31.7 Å². The summed E-state index contributed by atoms with van der Waals surface area (Å²) in [6.45, 7) is -0.0268. The third kappa shape index (κ3) is 4.16. The summed E-state index contributed by atoms with van der Waals surface area (Å²) in [5.41, 5.74) is 0.785. The summed E-state index contributed by atoms with van der Waals surface area (Å²) >= 11 is 0. The maximum Gasteiger partial charge on any atom is 0.387 e. The molecule has 2 rings (SSSR count). The van der Waals surface area contributed by atoms with Crippen molar-refractivity contribution in [3.8, 4) is 5.75 Å². The van der Waals surface area contributed by atoms with Crippen LogP contribution in [0.3, 0.4) is 0 Å². The van der Waals surface area contributed by atoms with Crippen LogP contribution in [0.5, 0.6) is 5.75 Å². The van der Waals surface area contributed by atoms with E-state index in [1.807, 2.05) is 12.1 Å². The van der Waals surface area contributed by atoms with Crippen LogP contribution in [-0.4, -0.2) is 12.7 Å². The van der Waals surface area contributed by atoms with E-state index in [1.165, 1.54) is 25.7 Å². The Morgan fingerprint density at radius 2 is 1.95 bits per heavy atom. The zero-order chi connectivity index (χ0) is 13.7. The maximum atomic E-state index is 12.3. The number of alkyl halides is 2. The Balaban J connectivity index is 1.91. The molecule has 0 saturated heterocycles. The van der Waals surface area contributed by atoms with Crippen molar-refractivity contribution in [1.82, 2.24) is 5.32 Å². The van der Waals surface area contributed by atoms with Gasteiger partial charge in [-0.2, -0.15) is 8.78 Å². The fourth-order valence-electron chi connectivity index (χ4n) is 2.76. The van der Waals surface area contributed by atoms with Gasteiger partial charge in [0, 0.05) is 18.2 Å². The predicted molar refractivity (Wildman–Crippen MR) is 71.3 cm³/mol. The SMILES string of the molecule is CC(NCc1ccccc1OC(F)F)C1CCCC1. The molecule has 1 fully saturated rings. The first-order valence-electron chi connectivity index (χ1n) is 6.93. The number of benzene rings is 1. The van der Waals surface area contributed by atoms with E-state index < -0.39 is 6.61 Å². The van der Waals surface area contributed by atoms with E-state index in [0.717, 1.165) is 5.56 Å². The number of hydrogen-bond donors (Lipinski definition) is 1. The lowest BCUT2D eigenvalue weighted by molar-refractivity contribution is -0.0505. The summed E-state index contributed by atoms with van der Waals surface area (Å²) in [5.74, 6) is 0.979. The monoisotopic (exact) mass is 269 g/mol. The molecule has 1 aliphatic rings. The van der Waals surface area contributed by atoms with Crippen molar-refractivity contribution in [1.29, 1.82) is 0 Å². The normalized spacial score (nSPS) is 17.9. The summed E-state index contributed by atoms with van der Waals surface area (Å²) in [6.07, 6.45) is 5.15. The largest absolute Gasteiger partial charge is 0.434 e. The van der Waals surface area contributed by atoms with Crippen LogP contribution >= 0.6 is 0 Å². The molecular formula is C15H21F2NO. The van der Waals surface area contributed by atoms with Crippen molar-refractivity contribution in [2.75, 3.05) is 0 Å². The predicted octanol–water partition coefficient (Wildman–Crippen LogP) is 3.96. The molecule has 1 atom stereocenters. The Labute approximate surface area is 113 Å². The number of ether oxygens (including phenoxy) is 1. The van der Waals surface area contributed by atoms with Gasteiger partial charge in [0.15, 0.2) is 0 Å². The molecule has 0 aliphatic heterocycles. The molecule has 0 spiro atoms. The molecule has 0 amide bonds. The van der Waals surface area contributed by atoms with Crippen LogP contribution in [0.25, 0.3) is 0 Å². The minimum Gasteiger partial charge on any atom is -0.434 e. The van der Waals surface area contributed by atoms with Crippen molar-refractivity contribution < 1.29 is 13.5 Å². The molecule has 0 heterocycles. The molecule has 0 radical (unpaired) electrons. The van der Waals surface area contributed by atoms with E-state index in [1.54, 1.807) is 12.1 Å². The van der Waals surface area contributed by atoms with Gasteiger partial charge in [-0.3, -0.25) is 0 Å². The van der Waals surface area contributed by atoms with Gasteiger partial charge in [0.1, 0.15) is 5.75 Å². The van der Waals surface area contributed by atoms with Crippen LogP contribution < -0.4 is 10.1 Å². The molecule has 4 heteroatoms. The molecule has 1 N–H and O–H groups in total. The third-order valence-electron chi connectivity index (χ3n) is 3.91. The molecule has 1 aromatic rings. The van der Waals surface area contributed by atoms with Gasteiger partial charge in [0.25, 0.3) is 0 Å². The second-order valence-corrected chi connectivity index (χ2v) is 5.20. The van der Waals surface area contributed by atoms with Gasteiger partial charge in [-0.1, -0.05) is 31.0 Å². The fourth-order valence-corrected chi connectivity index (χ4v) is 2.76. The topological polar surface area (TPSA) is 21.3 Å². The van der Waals surface area contributed by atoms with Gasteiger partial charge < -0.3 is 10.1 Å². The Morgan fingerprint density at radius 3 is 2.63 bits per heavy atom. The lowest BCUT2D eigenvalue weighted by Crippen LogP contribution is -2.31. The Morgan fingerprint density at radius 1 is 1.26 bits per heavy atom. The first-order chi connectivity index (χ1) is 9.16. The second-order valence-electron chi connectivity index (χ2n) is 5.20. The molecule has 1 unspecified atom stereocenters. The highest BCUT2D eigenvalue weighted by Crippen LogP contribution is 2.28. The smallest absolute Gasteiger partial charge is 0.387 e. The van der Waals surface area contributed by atoms with Gasteiger partial charge in [-0.15, -0.1) is 0 Å². The van der Waals surface area contributed by atoms with E-state index >= 15 is 0 Å². The number of para-hydroxylation sites is 1. The fraction of sp³-hybridized carbons (Fsp3) is 0.600. The number of hydrogen-bond acceptors (Lipinski definition) is 2. The zero-order valence-electron chi connectivity index (χ0n) is 11.2. The lowest BCUT2D eigenvalue weighted by Gasteiger charge is -2.21. The van der Waals surface area contributed by atoms with Gasteiger partial charge >= 0.3 is 6.61 Å². The molecule has 19 heavy (non-hydrogen) atoms. The van der Waals surface area contributed by atoms with Crippen molar-refractivity contribution in [3.63, 3.8) is 0 Å². The van der Waals surface area contributed by atoms with Gasteiger partial charge in [0.2, 0.25) is 0 Å². The van der Waals surface area contributed by atoms with Crippen LogP contribution in [0.2, 0.25) is 0 Å². The molecule has 1 aromatic carbocycles. The van der Waals surface area contributed by atoms with Gasteiger partial charge in [0.05, 0.1) is 0 Å². The summed E-state index contributed by atoms with van der Waals surface area (Å²) in [6, 6.07) is 7.38. The van der Waals surface area contributed by atoms with E-state index in [4.69, 9.17) is 0 Å². The maximum absolute atomic E-state index is 12.3. The minimum atomic E-state index is -2.77. The summed E-state index contributed by atoms with van der Waals surface area (Å²) in [4.78, 5) is 0. The highest BCUT2D eigenvalue weighted by atomic mass is 19.3.